The molecular weight excluding hydrogens is 256 g/mol. The summed E-state index contributed by atoms with van der Waals surface area (Å²) in [7, 11) is 0. The first-order valence-electron chi connectivity index (χ1n) is 9.46. The third kappa shape index (κ3) is 5.25. The van der Waals surface area contributed by atoms with Crippen LogP contribution in [-0.4, -0.2) is 37.1 Å². The van der Waals surface area contributed by atoms with Gasteiger partial charge in [-0.2, -0.15) is 0 Å². The van der Waals surface area contributed by atoms with Gasteiger partial charge in [-0.3, -0.25) is 0 Å². The van der Waals surface area contributed by atoms with Crippen molar-refractivity contribution in [1.82, 2.24) is 10.2 Å². The van der Waals surface area contributed by atoms with Crippen molar-refractivity contribution in [2.75, 3.05) is 26.2 Å². The first-order chi connectivity index (χ1) is 10.0. The van der Waals surface area contributed by atoms with E-state index in [4.69, 9.17) is 0 Å². The summed E-state index contributed by atoms with van der Waals surface area (Å²) in [6, 6.07) is 0.769. The molecule has 3 unspecified atom stereocenters. The Morgan fingerprint density at radius 3 is 2.38 bits per heavy atom. The van der Waals surface area contributed by atoms with Crippen molar-refractivity contribution in [1.29, 1.82) is 0 Å². The van der Waals surface area contributed by atoms with Gasteiger partial charge in [0.1, 0.15) is 0 Å². The zero-order chi connectivity index (χ0) is 15.3. The topological polar surface area (TPSA) is 15.3 Å². The molecule has 0 aromatic carbocycles. The largest absolute Gasteiger partial charge is 0.314 e. The lowest BCUT2D eigenvalue weighted by Gasteiger charge is -2.44. The summed E-state index contributed by atoms with van der Waals surface area (Å²) in [4.78, 5) is 2.75. The molecule has 1 saturated heterocycles. The van der Waals surface area contributed by atoms with Crippen LogP contribution in [0.4, 0.5) is 0 Å². The Balaban J connectivity index is 1.94. The zero-order valence-electron chi connectivity index (χ0n) is 15.0. The van der Waals surface area contributed by atoms with Crippen LogP contribution < -0.4 is 5.32 Å². The highest BCUT2D eigenvalue weighted by Crippen LogP contribution is 2.40. The predicted octanol–water partition coefficient (Wildman–Crippen LogP) is 4.30. The van der Waals surface area contributed by atoms with E-state index in [9.17, 15) is 0 Å². The standard InChI is InChI=1S/C19H38N2/c1-5-11-20-18-10-9-17(19(2,3)4)14-16(18)15-21-12-7-6-8-13-21/h16-18,20H,5-15H2,1-4H3. The molecule has 3 atom stereocenters. The van der Waals surface area contributed by atoms with Crippen molar-refractivity contribution in [3.05, 3.63) is 0 Å². The Kier molecular flexibility index (Phi) is 6.55. The minimum atomic E-state index is 0.482. The van der Waals surface area contributed by atoms with Gasteiger partial charge in [0.15, 0.2) is 0 Å². The molecule has 2 nitrogen and oxygen atoms in total. The molecule has 21 heavy (non-hydrogen) atoms. The third-order valence-corrected chi connectivity index (χ3v) is 5.81. The minimum absolute atomic E-state index is 0.482. The van der Waals surface area contributed by atoms with Crippen LogP contribution in [-0.2, 0) is 0 Å². The SMILES string of the molecule is CCCNC1CCC(C(C)(C)C)CC1CN1CCCCC1. The van der Waals surface area contributed by atoms with E-state index in [1.165, 1.54) is 71.1 Å². The number of rotatable bonds is 5. The molecule has 2 fully saturated rings. The van der Waals surface area contributed by atoms with E-state index in [1.54, 1.807) is 0 Å². The Morgan fingerprint density at radius 2 is 1.76 bits per heavy atom. The number of nitrogens with zero attached hydrogens (tertiary/aromatic N) is 1. The first kappa shape index (κ1) is 17.3. The molecule has 0 aromatic rings. The van der Waals surface area contributed by atoms with Gasteiger partial charge in [-0.25, -0.2) is 0 Å². The van der Waals surface area contributed by atoms with Crippen molar-refractivity contribution >= 4 is 0 Å². The molecule has 0 spiro atoms. The number of hydrogen-bond donors (Lipinski definition) is 1. The lowest BCUT2D eigenvalue weighted by molar-refractivity contribution is 0.0813. The summed E-state index contributed by atoms with van der Waals surface area (Å²) in [5.41, 5.74) is 0.482. The van der Waals surface area contributed by atoms with E-state index in [2.05, 4.69) is 37.9 Å². The molecule has 1 saturated carbocycles. The van der Waals surface area contributed by atoms with Crippen molar-refractivity contribution < 1.29 is 0 Å². The quantitative estimate of drug-likeness (QED) is 0.813. The monoisotopic (exact) mass is 294 g/mol. The highest BCUT2D eigenvalue weighted by Gasteiger charge is 2.36. The fourth-order valence-corrected chi connectivity index (χ4v) is 4.32. The van der Waals surface area contributed by atoms with Gasteiger partial charge in [0.05, 0.1) is 0 Å². The third-order valence-electron chi connectivity index (χ3n) is 5.81. The molecule has 0 aromatic heterocycles. The lowest BCUT2D eigenvalue weighted by atomic mass is 9.67. The van der Waals surface area contributed by atoms with Gasteiger partial charge in [-0.15, -0.1) is 0 Å². The van der Waals surface area contributed by atoms with E-state index >= 15 is 0 Å². The van der Waals surface area contributed by atoms with Crippen LogP contribution in [0.15, 0.2) is 0 Å². The Bertz CT molecular complexity index is 288. The molecule has 0 bridgehead atoms. The van der Waals surface area contributed by atoms with Gasteiger partial charge in [0, 0.05) is 12.6 Å². The highest BCUT2D eigenvalue weighted by molar-refractivity contribution is 4.90. The van der Waals surface area contributed by atoms with Gasteiger partial charge in [-0.05, 0) is 75.4 Å². The van der Waals surface area contributed by atoms with Crippen LogP contribution in [0.25, 0.3) is 0 Å². The van der Waals surface area contributed by atoms with Gasteiger partial charge < -0.3 is 10.2 Å². The maximum atomic E-state index is 3.86. The lowest BCUT2D eigenvalue weighted by Crippen LogP contribution is -2.48. The van der Waals surface area contributed by atoms with Crippen LogP contribution in [0.1, 0.15) is 72.6 Å². The Labute approximate surface area is 133 Å². The second kappa shape index (κ2) is 7.97. The molecule has 1 aliphatic heterocycles. The zero-order valence-corrected chi connectivity index (χ0v) is 15.0. The molecule has 0 amide bonds. The smallest absolute Gasteiger partial charge is 0.0108 e. The molecule has 2 heteroatoms. The van der Waals surface area contributed by atoms with Crippen molar-refractivity contribution in [2.45, 2.75) is 78.7 Å². The summed E-state index contributed by atoms with van der Waals surface area (Å²) in [5.74, 6) is 1.78. The fourth-order valence-electron chi connectivity index (χ4n) is 4.32. The predicted molar refractivity (Wildman–Crippen MR) is 92.7 cm³/mol. The number of nitrogens with one attached hydrogen (secondary N) is 1. The number of hydrogen-bond acceptors (Lipinski definition) is 2. The molecule has 1 N–H and O–H groups in total. The van der Waals surface area contributed by atoms with E-state index in [-0.39, 0.29) is 0 Å². The Morgan fingerprint density at radius 1 is 1.05 bits per heavy atom. The average molecular weight is 295 g/mol. The second-order valence-electron chi connectivity index (χ2n) is 8.56. The fraction of sp³-hybridized carbons (Fsp3) is 1.00. The van der Waals surface area contributed by atoms with E-state index in [0.29, 0.717) is 5.41 Å². The molecule has 0 radical (unpaired) electrons. The van der Waals surface area contributed by atoms with Crippen molar-refractivity contribution in [2.24, 2.45) is 17.3 Å². The minimum Gasteiger partial charge on any atom is -0.314 e. The molecule has 1 aliphatic carbocycles. The van der Waals surface area contributed by atoms with Crippen molar-refractivity contribution in [3.8, 4) is 0 Å². The molecular formula is C19H38N2. The van der Waals surface area contributed by atoms with Gasteiger partial charge >= 0.3 is 0 Å². The van der Waals surface area contributed by atoms with Crippen LogP contribution in [0.3, 0.4) is 0 Å². The van der Waals surface area contributed by atoms with E-state index in [0.717, 1.165) is 17.9 Å². The number of likely N-dealkylation sites (tertiary alicyclic amines) is 1. The van der Waals surface area contributed by atoms with E-state index < -0.39 is 0 Å². The van der Waals surface area contributed by atoms with Crippen LogP contribution in [0, 0.1) is 17.3 Å². The number of piperidine rings is 1. The summed E-state index contributed by atoms with van der Waals surface area (Å²) in [5, 5.41) is 3.86. The summed E-state index contributed by atoms with van der Waals surface area (Å²) < 4.78 is 0. The summed E-state index contributed by atoms with van der Waals surface area (Å²) in [6.07, 6.45) is 9.78. The van der Waals surface area contributed by atoms with Crippen LogP contribution in [0.5, 0.6) is 0 Å². The molecule has 124 valence electrons. The second-order valence-corrected chi connectivity index (χ2v) is 8.56. The molecule has 2 aliphatic rings. The maximum absolute atomic E-state index is 3.86. The normalized spacial score (nSPS) is 32.3. The molecule has 1 heterocycles. The Hall–Kier alpha value is -0.0800. The summed E-state index contributed by atoms with van der Waals surface area (Å²) >= 11 is 0. The van der Waals surface area contributed by atoms with E-state index in [1.807, 2.05) is 0 Å². The average Bonchev–Trinajstić information content (AvgIpc) is 2.46. The van der Waals surface area contributed by atoms with Gasteiger partial charge in [0.2, 0.25) is 0 Å². The summed E-state index contributed by atoms with van der Waals surface area (Å²) in [6.45, 7) is 14.8. The van der Waals surface area contributed by atoms with Gasteiger partial charge in [0.25, 0.3) is 0 Å². The van der Waals surface area contributed by atoms with Crippen molar-refractivity contribution in [3.63, 3.8) is 0 Å². The van der Waals surface area contributed by atoms with Crippen LogP contribution >= 0.6 is 0 Å². The van der Waals surface area contributed by atoms with Crippen LogP contribution in [0.2, 0.25) is 0 Å². The highest BCUT2D eigenvalue weighted by atomic mass is 15.1. The molecule has 2 rings (SSSR count). The van der Waals surface area contributed by atoms with Gasteiger partial charge in [-0.1, -0.05) is 34.1 Å². The first-order valence-corrected chi connectivity index (χ1v) is 9.46. The maximum Gasteiger partial charge on any atom is 0.0108 e.